The summed E-state index contributed by atoms with van der Waals surface area (Å²) < 4.78 is 7.05. The van der Waals surface area contributed by atoms with Crippen molar-refractivity contribution < 1.29 is 9.84 Å². The predicted molar refractivity (Wildman–Crippen MR) is 74.8 cm³/mol. The summed E-state index contributed by atoms with van der Waals surface area (Å²) >= 11 is 0. The van der Waals surface area contributed by atoms with Gasteiger partial charge >= 0.3 is 0 Å². The Kier molecular flexibility index (Phi) is 3.22. The Hall–Kier alpha value is -1.88. The molecule has 2 atom stereocenters. The molecule has 0 amide bonds. The maximum Gasteiger partial charge on any atom is 0.217 e. The predicted octanol–water partition coefficient (Wildman–Crippen LogP) is 1.90. The zero-order chi connectivity index (χ0) is 14.3. The molecule has 0 fully saturated rings. The summed E-state index contributed by atoms with van der Waals surface area (Å²) in [6, 6.07) is 4.03. The maximum atomic E-state index is 10.8. The third kappa shape index (κ3) is 1.89. The second-order valence-electron chi connectivity index (χ2n) is 5.27. The summed E-state index contributed by atoms with van der Waals surface area (Å²) in [5.41, 5.74) is 3.82. The van der Waals surface area contributed by atoms with Gasteiger partial charge in [-0.25, -0.2) is 4.68 Å². The molecular weight excluding hydrogens is 254 g/mol. The van der Waals surface area contributed by atoms with Crippen LogP contribution in [-0.4, -0.2) is 27.0 Å². The monoisotopic (exact) mass is 273 g/mol. The molecule has 106 valence electrons. The first-order valence-electron chi connectivity index (χ1n) is 6.82. The van der Waals surface area contributed by atoms with Gasteiger partial charge in [0.25, 0.3) is 0 Å². The number of aromatic nitrogens is 3. The zero-order valence-electron chi connectivity index (χ0n) is 12.0. The maximum absolute atomic E-state index is 10.8. The molecule has 2 unspecified atom stereocenters. The number of ether oxygens (including phenoxy) is 1. The van der Waals surface area contributed by atoms with E-state index in [-0.39, 0.29) is 5.92 Å². The van der Waals surface area contributed by atoms with Gasteiger partial charge in [0, 0.05) is 24.9 Å². The molecule has 2 heterocycles. The summed E-state index contributed by atoms with van der Waals surface area (Å²) in [7, 11) is 3.43. The smallest absolute Gasteiger partial charge is 0.217 e. The number of aliphatic hydroxyl groups is 1. The SMILES string of the molecule is COc1c(C(O)C2CCc3cccnc32)c(C)nn1C. The van der Waals surface area contributed by atoms with Crippen molar-refractivity contribution in [2.24, 2.45) is 7.05 Å². The van der Waals surface area contributed by atoms with Crippen LogP contribution in [0.5, 0.6) is 5.88 Å². The van der Waals surface area contributed by atoms with Crippen LogP contribution in [-0.2, 0) is 13.5 Å². The van der Waals surface area contributed by atoms with E-state index >= 15 is 0 Å². The fraction of sp³-hybridized carbons (Fsp3) is 0.467. The molecule has 0 saturated carbocycles. The summed E-state index contributed by atoms with van der Waals surface area (Å²) in [5, 5.41) is 15.1. The van der Waals surface area contributed by atoms with Crippen LogP contribution in [0.2, 0.25) is 0 Å². The van der Waals surface area contributed by atoms with Crippen molar-refractivity contribution >= 4 is 0 Å². The van der Waals surface area contributed by atoms with E-state index in [9.17, 15) is 5.11 Å². The Morgan fingerprint density at radius 1 is 1.50 bits per heavy atom. The molecule has 0 spiro atoms. The number of pyridine rings is 1. The van der Waals surface area contributed by atoms with Crippen molar-refractivity contribution in [2.45, 2.75) is 31.8 Å². The van der Waals surface area contributed by atoms with E-state index in [1.54, 1.807) is 18.0 Å². The quantitative estimate of drug-likeness (QED) is 0.927. The molecule has 0 bridgehead atoms. The average molecular weight is 273 g/mol. The van der Waals surface area contributed by atoms with E-state index in [0.717, 1.165) is 29.8 Å². The molecule has 3 rings (SSSR count). The van der Waals surface area contributed by atoms with Crippen LogP contribution in [0.3, 0.4) is 0 Å². The van der Waals surface area contributed by atoms with Crippen molar-refractivity contribution in [1.29, 1.82) is 0 Å². The van der Waals surface area contributed by atoms with Crippen LogP contribution in [0.4, 0.5) is 0 Å². The van der Waals surface area contributed by atoms with Crippen LogP contribution in [0.1, 0.15) is 41.0 Å². The van der Waals surface area contributed by atoms with Gasteiger partial charge in [0.2, 0.25) is 5.88 Å². The number of fused-ring (bicyclic) bond motifs is 1. The molecule has 1 aliphatic rings. The number of hydrogen-bond donors (Lipinski definition) is 1. The van der Waals surface area contributed by atoms with E-state index in [4.69, 9.17) is 4.74 Å². The first-order chi connectivity index (χ1) is 9.63. The van der Waals surface area contributed by atoms with Gasteiger partial charge in [-0.3, -0.25) is 4.98 Å². The van der Waals surface area contributed by atoms with Gasteiger partial charge in [-0.05, 0) is 31.4 Å². The minimum atomic E-state index is -0.630. The molecule has 0 radical (unpaired) electrons. The number of aliphatic hydroxyl groups excluding tert-OH is 1. The number of nitrogens with zero attached hydrogens (tertiary/aromatic N) is 3. The summed E-state index contributed by atoms with van der Waals surface area (Å²) in [5.74, 6) is 0.641. The van der Waals surface area contributed by atoms with Crippen LogP contribution in [0.15, 0.2) is 18.3 Å². The molecule has 5 heteroatoms. The zero-order valence-corrected chi connectivity index (χ0v) is 12.0. The van der Waals surface area contributed by atoms with Gasteiger partial charge in [-0.2, -0.15) is 5.10 Å². The Bertz CT molecular complexity index is 636. The number of aryl methyl sites for hydroxylation is 3. The van der Waals surface area contributed by atoms with Gasteiger partial charge in [-0.1, -0.05) is 6.07 Å². The van der Waals surface area contributed by atoms with Crippen molar-refractivity contribution in [3.05, 3.63) is 40.8 Å². The third-order valence-corrected chi connectivity index (χ3v) is 4.09. The molecule has 5 nitrogen and oxygen atoms in total. The Morgan fingerprint density at radius 2 is 2.30 bits per heavy atom. The highest BCUT2D eigenvalue weighted by Gasteiger charge is 2.34. The normalized spacial score (nSPS) is 18.9. The third-order valence-electron chi connectivity index (χ3n) is 4.09. The van der Waals surface area contributed by atoms with Gasteiger partial charge < -0.3 is 9.84 Å². The highest BCUT2D eigenvalue weighted by Crippen LogP contribution is 2.43. The molecule has 0 aliphatic heterocycles. The van der Waals surface area contributed by atoms with E-state index in [1.165, 1.54) is 5.56 Å². The first-order valence-corrected chi connectivity index (χ1v) is 6.82. The molecule has 2 aromatic rings. The number of methoxy groups -OCH3 is 1. The lowest BCUT2D eigenvalue weighted by Gasteiger charge is -2.19. The summed E-state index contributed by atoms with van der Waals surface area (Å²) in [6.07, 6.45) is 3.03. The lowest BCUT2D eigenvalue weighted by atomic mass is 9.93. The van der Waals surface area contributed by atoms with E-state index in [0.29, 0.717) is 5.88 Å². The molecule has 1 aliphatic carbocycles. The summed E-state index contributed by atoms with van der Waals surface area (Å²) in [6.45, 7) is 1.90. The Balaban J connectivity index is 2.01. The molecular formula is C15H19N3O2. The largest absolute Gasteiger partial charge is 0.481 e. The lowest BCUT2D eigenvalue weighted by molar-refractivity contribution is 0.138. The highest BCUT2D eigenvalue weighted by atomic mass is 16.5. The van der Waals surface area contributed by atoms with Gasteiger partial charge in [-0.15, -0.1) is 0 Å². The van der Waals surface area contributed by atoms with Gasteiger partial charge in [0.05, 0.1) is 24.5 Å². The van der Waals surface area contributed by atoms with E-state index in [2.05, 4.69) is 16.1 Å². The van der Waals surface area contributed by atoms with Crippen molar-refractivity contribution in [3.8, 4) is 5.88 Å². The molecule has 0 aromatic carbocycles. The Morgan fingerprint density at radius 3 is 3.05 bits per heavy atom. The van der Waals surface area contributed by atoms with Crippen molar-refractivity contribution in [1.82, 2.24) is 14.8 Å². The molecule has 20 heavy (non-hydrogen) atoms. The van der Waals surface area contributed by atoms with Crippen LogP contribution in [0, 0.1) is 6.92 Å². The topological polar surface area (TPSA) is 60.2 Å². The van der Waals surface area contributed by atoms with Crippen LogP contribution >= 0.6 is 0 Å². The first kappa shape index (κ1) is 13.1. The van der Waals surface area contributed by atoms with Crippen molar-refractivity contribution in [3.63, 3.8) is 0 Å². The van der Waals surface area contributed by atoms with Crippen LogP contribution in [0.25, 0.3) is 0 Å². The second kappa shape index (κ2) is 4.90. The molecule has 1 N–H and O–H groups in total. The van der Waals surface area contributed by atoms with Crippen molar-refractivity contribution in [2.75, 3.05) is 7.11 Å². The van der Waals surface area contributed by atoms with Gasteiger partial charge in [0.15, 0.2) is 0 Å². The number of rotatable bonds is 3. The summed E-state index contributed by atoms with van der Waals surface area (Å²) in [4.78, 5) is 4.45. The van der Waals surface area contributed by atoms with Gasteiger partial charge in [0.1, 0.15) is 0 Å². The second-order valence-corrected chi connectivity index (χ2v) is 5.27. The van der Waals surface area contributed by atoms with E-state index < -0.39 is 6.10 Å². The van der Waals surface area contributed by atoms with Crippen LogP contribution < -0.4 is 4.74 Å². The van der Waals surface area contributed by atoms with E-state index in [1.807, 2.05) is 20.0 Å². The molecule has 0 saturated heterocycles. The minimum absolute atomic E-state index is 0.0167. The standard InChI is InChI=1S/C15H19N3O2/c1-9-12(15(20-3)18(2)17-9)14(19)11-7-6-10-5-4-8-16-13(10)11/h4-5,8,11,14,19H,6-7H2,1-3H3. The molecule has 2 aromatic heterocycles. The Labute approximate surface area is 118 Å². The number of hydrogen-bond acceptors (Lipinski definition) is 4. The fourth-order valence-electron chi connectivity index (χ4n) is 3.19. The average Bonchev–Trinajstić information content (AvgIpc) is 2.98. The highest BCUT2D eigenvalue weighted by molar-refractivity contribution is 5.38. The minimum Gasteiger partial charge on any atom is -0.481 e. The lowest BCUT2D eigenvalue weighted by Crippen LogP contribution is -2.11. The fourth-order valence-corrected chi connectivity index (χ4v) is 3.19.